The van der Waals surface area contributed by atoms with E-state index in [0.29, 0.717) is 18.1 Å². The van der Waals surface area contributed by atoms with Crippen LogP contribution in [-0.4, -0.2) is 33.5 Å². The minimum Gasteiger partial charge on any atom is -0.396 e. The van der Waals surface area contributed by atoms with Crippen LogP contribution >= 0.6 is 0 Å². The van der Waals surface area contributed by atoms with Gasteiger partial charge in [0.05, 0.1) is 6.33 Å². The zero-order chi connectivity index (χ0) is 13.1. The molecule has 1 unspecified atom stereocenters. The van der Waals surface area contributed by atoms with Crippen LogP contribution in [0.5, 0.6) is 0 Å². The summed E-state index contributed by atoms with van der Waals surface area (Å²) in [5.41, 5.74) is 6.02. The van der Waals surface area contributed by atoms with Gasteiger partial charge in [0.25, 0.3) is 5.91 Å². The Bertz CT molecular complexity index is 427. The van der Waals surface area contributed by atoms with Gasteiger partial charge in [0, 0.05) is 13.2 Å². The average Bonchev–Trinajstić information content (AvgIpc) is 2.74. The quantitative estimate of drug-likeness (QED) is 0.576. The van der Waals surface area contributed by atoms with Gasteiger partial charge >= 0.3 is 0 Å². The van der Waals surface area contributed by atoms with Gasteiger partial charge < -0.3 is 20.3 Å². The molecule has 100 valence electrons. The van der Waals surface area contributed by atoms with Crippen molar-refractivity contribution >= 4 is 11.7 Å². The zero-order valence-electron chi connectivity index (χ0n) is 10.4. The van der Waals surface area contributed by atoms with Crippen LogP contribution in [0.2, 0.25) is 0 Å². The largest absolute Gasteiger partial charge is 0.396 e. The highest BCUT2D eigenvalue weighted by Crippen LogP contribution is 2.19. The molecule has 0 spiro atoms. The normalized spacial score (nSPS) is 19.9. The number of amides is 1. The lowest BCUT2D eigenvalue weighted by atomic mass is 10.0. The van der Waals surface area contributed by atoms with Crippen LogP contribution in [0, 0.1) is 5.92 Å². The van der Waals surface area contributed by atoms with Crippen LogP contribution in [0.1, 0.15) is 30.3 Å². The summed E-state index contributed by atoms with van der Waals surface area (Å²) >= 11 is 0. The fourth-order valence-electron chi connectivity index (χ4n) is 2.01. The Hall–Kier alpha value is -1.60. The number of imidazole rings is 1. The van der Waals surface area contributed by atoms with Gasteiger partial charge in [-0.15, -0.1) is 0 Å². The number of aryl methyl sites for hydroxylation is 1. The summed E-state index contributed by atoms with van der Waals surface area (Å²) in [7, 11) is 0. The Kier molecular flexibility index (Phi) is 3.83. The average molecular weight is 253 g/mol. The summed E-state index contributed by atoms with van der Waals surface area (Å²) in [6.07, 6.45) is 2.81. The molecule has 1 amide bonds. The van der Waals surface area contributed by atoms with Crippen molar-refractivity contribution in [3.05, 3.63) is 12.0 Å². The predicted molar refractivity (Wildman–Crippen MR) is 66.8 cm³/mol. The van der Waals surface area contributed by atoms with Crippen molar-refractivity contribution in [2.45, 2.75) is 32.6 Å². The second-order valence-electron chi connectivity index (χ2n) is 4.48. The van der Waals surface area contributed by atoms with Crippen molar-refractivity contribution in [1.29, 1.82) is 0 Å². The number of hydrogen-bond acceptors (Lipinski definition) is 5. The number of fused-ring (bicyclic) bond motifs is 1. The van der Waals surface area contributed by atoms with Crippen LogP contribution in [-0.2, 0) is 6.54 Å². The van der Waals surface area contributed by atoms with Gasteiger partial charge in [-0.1, -0.05) is 13.3 Å². The van der Waals surface area contributed by atoms with Crippen molar-refractivity contribution in [2.24, 2.45) is 11.7 Å². The summed E-state index contributed by atoms with van der Waals surface area (Å²) in [6, 6.07) is 0. The molecule has 0 aliphatic carbocycles. The van der Waals surface area contributed by atoms with E-state index in [-0.39, 0.29) is 18.4 Å². The highest BCUT2D eigenvalue weighted by atomic mass is 16.3. The minimum absolute atomic E-state index is 0.181. The monoisotopic (exact) mass is 253 g/mol. The topological polar surface area (TPSA) is 105 Å². The second-order valence-corrected chi connectivity index (χ2v) is 4.48. The van der Waals surface area contributed by atoms with Gasteiger partial charge in [-0.3, -0.25) is 10.5 Å². The van der Waals surface area contributed by atoms with Crippen molar-refractivity contribution in [3.63, 3.8) is 0 Å². The number of nitrogens with two attached hydrogens (primary N) is 1. The van der Waals surface area contributed by atoms with E-state index in [1.807, 2.05) is 11.5 Å². The third-order valence-electron chi connectivity index (χ3n) is 3.25. The SMILES string of the molecule is CC[C@H](CO)CCn1cnc2c1NC(N)NC2=O. The molecule has 2 atom stereocenters. The summed E-state index contributed by atoms with van der Waals surface area (Å²) in [5.74, 6) is 0.664. The third kappa shape index (κ3) is 2.46. The molecule has 0 saturated heterocycles. The van der Waals surface area contributed by atoms with Gasteiger partial charge in [-0.05, 0) is 12.3 Å². The van der Waals surface area contributed by atoms with E-state index in [0.717, 1.165) is 12.8 Å². The van der Waals surface area contributed by atoms with E-state index in [1.165, 1.54) is 0 Å². The summed E-state index contributed by atoms with van der Waals surface area (Å²) in [6.45, 7) is 2.93. The second kappa shape index (κ2) is 5.36. The van der Waals surface area contributed by atoms with Crippen molar-refractivity contribution in [3.8, 4) is 0 Å². The molecule has 1 aliphatic rings. The lowest BCUT2D eigenvalue weighted by molar-refractivity contribution is 0.0932. The summed E-state index contributed by atoms with van der Waals surface area (Å²) in [5, 5.41) is 14.7. The summed E-state index contributed by atoms with van der Waals surface area (Å²) in [4.78, 5) is 15.7. The van der Waals surface area contributed by atoms with Crippen LogP contribution in [0.25, 0.3) is 0 Å². The fraction of sp³-hybridized carbons (Fsp3) is 0.636. The number of carbonyl (C=O) groups excluding carboxylic acids is 1. The Labute approximate surface area is 105 Å². The van der Waals surface area contributed by atoms with E-state index < -0.39 is 6.29 Å². The smallest absolute Gasteiger partial charge is 0.276 e. The Morgan fingerprint density at radius 1 is 1.61 bits per heavy atom. The summed E-state index contributed by atoms with van der Waals surface area (Å²) < 4.78 is 1.87. The van der Waals surface area contributed by atoms with E-state index in [4.69, 9.17) is 10.8 Å². The Morgan fingerprint density at radius 2 is 2.39 bits per heavy atom. The van der Waals surface area contributed by atoms with E-state index in [1.54, 1.807) is 6.33 Å². The van der Waals surface area contributed by atoms with E-state index >= 15 is 0 Å². The number of nitrogens with one attached hydrogen (secondary N) is 2. The van der Waals surface area contributed by atoms with Crippen LogP contribution in [0.4, 0.5) is 5.82 Å². The molecule has 0 saturated carbocycles. The molecule has 18 heavy (non-hydrogen) atoms. The molecule has 0 aromatic carbocycles. The lowest BCUT2D eigenvalue weighted by Gasteiger charge is -2.23. The van der Waals surface area contributed by atoms with Crippen LogP contribution in [0.3, 0.4) is 0 Å². The Morgan fingerprint density at radius 3 is 3.06 bits per heavy atom. The lowest BCUT2D eigenvalue weighted by Crippen LogP contribution is -2.51. The van der Waals surface area contributed by atoms with Crippen molar-refractivity contribution < 1.29 is 9.90 Å². The fourth-order valence-corrected chi connectivity index (χ4v) is 2.01. The molecular weight excluding hydrogens is 234 g/mol. The number of aliphatic hydroxyl groups excluding tert-OH is 1. The molecule has 2 rings (SSSR count). The maximum Gasteiger partial charge on any atom is 0.276 e. The molecule has 2 heterocycles. The molecule has 0 fully saturated rings. The van der Waals surface area contributed by atoms with Crippen molar-refractivity contribution in [1.82, 2.24) is 14.9 Å². The molecule has 0 bridgehead atoms. The molecule has 5 N–H and O–H groups in total. The third-order valence-corrected chi connectivity index (χ3v) is 3.25. The number of aromatic nitrogens is 2. The molecule has 1 aromatic rings. The van der Waals surface area contributed by atoms with Gasteiger partial charge in [0.1, 0.15) is 5.82 Å². The molecule has 1 aromatic heterocycles. The number of carbonyl (C=O) groups is 1. The predicted octanol–water partition coefficient (Wildman–Crippen LogP) is -0.311. The first-order valence-corrected chi connectivity index (χ1v) is 6.14. The van der Waals surface area contributed by atoms with E-state index in [9.17, 15) is 4.79 Å². The number of rotatable bonds is 5. The van der Waals surface area contributed by atoms with Gasteiger partial charge in [0.2, 0.25) is 0 Å². The maximum atomic E-state index is 11.6. The standard InChI is InChI=1S/C11H19N5O2/c1-2-7(5-17)3-4-16-6-13-8-9(16)14-11(12)15-10(8)18/h6-7,11,14,17H,2-5,12H2,1H3,(H,15,18)/t7-,11?/m0/s1. The first-order valence-electron chi connectivity index (χ1n) is 6.14. The number of aliphatic hydroxyl groups is 1. The zero-order valence-corrected chi connectivity index (χ0v) is 10.4. The molecular formula is C11H19N5O2. The van der Waals surface area contributed by atoms with Gasteiger partial charge in [0.15, 0.2) is 12.0 Å². The molecule has 7 heteroatoms. The maximum absolute atomic E-state index is 11.6. The molecule has 7 nitrogen and oxygen atoms in total. The number of nitrogens with zero attached hydrogens (tertiary/aromatic N) is 2. The molecule has 0 radical (unpaired) electrons. The first kappa shape index (κ1) is 12.8. The highest BCUT2D eigenvalue weighted by molar-refractivity contribution is 5.98. The Balaban J connectivity index is 2.09. The van der Waals surface area contributed by atoms with E-state index in [2.05, 4.69) is 15.6 Å². The van der Waals surface area contributed by atoms with Gasteiger partial charge in [-0.2, -0.15) is 0 Å². The highest BCUT2D eigenvalue weighted by Gasteiger charge is 2.25. The number of anilines is 1. The van der Waals surface area contributed by atoms with Crippen LogP contribution < -0.4 is 16.4 Å². The molecule has 1 aliphatic heterocycles. The van der Waals surface area contributed by atoms with Crippen molar-refractivity contribution in [2.75, 3.05) is 11.9 Å². The number of hydrogen-bond donors (Lipinski definition) is 4. The minimum atomic E-state index is -0.583. The van der Waals surface area contributed by atoms with Gasteiger partial charge in [-0.25, -0.2) is 4.98 Å². The van der Waals surface area contributed by atoms with Crippen LogP contribution in [0.15, 0.2) is 6.33 Å². The first-order chi connectivity index (χ1) is 8.65.